The van der Waals surface area contributed by atoms with Crippen LogP contribution in [0.2, 0.25) is 0 Å². The first-order valence-electron chi connectivity index (χ1n) is 8.41. The topological polar surface area (TPSA) is 80.3 Å². The van der Waals surface area contributed by atoms with Crippen molar-refractivity contribution in [3.05, 3.63) is 39.3 Å². The van der Waals surface area contributed by atoms with Gasteiger partial charge in [-0.2, -0.15) is 0 Å². The van der Waals surface area contributed by atoms with Crippen LogP contribution in [0.5, 0.6) is 0 Å². The number of nitrogens with zero attached hydrogens (tertiary/aromatic N) is 1. The Morgan fingerprint density at radius 1 is 1.36 bits per heavy atom. The SMILES string of the molecule is COC(=O)Nc1ccc2c(c1)NC(=O)C[C@@H]2c1nc2c(s1)CCCC2. The maximum Gasteiger partial charge on any atom is 0.411 e. The molecule has 130 valence electrons. The lowest BCUT2D eigenvalue weighted by atomic mass is 9.90. The second kappa shape index (κ2) is 6.48. The number of methoxy groups -OCH3 is 1. The number of ether oxygens (including phenoxy) is 1. The van der Waals surface area contributed by atoms with Gasteiger partial charge in [-0.1, -0.05) is 6.07 Å². The Morgan fingerprint density at radius 2 is 2.20 bits per heavy atom. The molecule has 0 spiro atoms. The summed E-state index contributed by atoms with van der Waals surface area (Å²) < 4.78 is 4.61. The molecular formula is C18H19N3O3S. The van der Waals surface area contributed by atoms with Crippen molar-refractivity contribution in [2.75, 3.05) is 17.7 Å². The highest BCUT2D eigenvalue weighted by Crippen LogP contribution is 2.41. The second-order valence-corrected chi connectivity index (χ2v) is 7.47. The van der Waals surface area contributed by atoms with E-state index in [1.165, 1.54) is 30.5 Å². The van der Waals surface area contributed by atoms with Gasteiger partial charge in [0.15, 0.2) is 0 Å². The molecule has 1 aliphatic heterocycles. The van der Waals surface area contributed by atoms with Crippen molar-refractivity contribution in [3.63, 3.8) is 0 Å². The molecule has 1 aromatic carbocycles. The van der Waals surface area contributed by atoms with Crippen molar-refractivity contribution in [2.45, 2.75) is 38.0 Å². The second-order valence-electron chi connectivity index (χ2n) is 6.35. The summed E-state index contributed by atoms with van der Waals surface area (Å²) in [5.74, 6) is -0.0487. The molecule has 1 atom stereocenters. The van der Waals surface area contributed by atoms with Crippen LogP contribution in [0, 0.1) is 0 Å². The van der Waals surface area contributed by atoms with Gasteiger partial charge in [-0.25, -0.2) is 9.78 Å². The Bertz CT molecular complexity index is 823. The van der Waals surface area contributed by atoms with Gasteiger partial charge in [-0.3, -0.25) is 10.1 Å². The number of amides is 2. The monoisotopic (exact) mass is 357 g/mol. The minimum Gasteiger partial charge on any atom is -0.453 e. The molecule has 6 nitrogen and oxygen atoms in total. The molecule has 25 heavy (non-hydrogen) atoms. The first-order valence-corrected chi connectivity index (χ1v) is 9.23. The molecule has 0 radical (unpaired) electrons. The number of anilines is 2. The van der Waals surface area contributed by atoms with Crippen LogP contribution in [0.4, 0.5) is 16.2 Å². The van der Waals surface area contributed by atoms with Crippen LogP contribution in [0.25, 0.3) is 0 Å². The number of aryl methyl sites for hydroxylation is 2. The molecule has 2 heterocycles. The largest absolute Gasteiger partial charge is 0.453 e. The van der Waals surface area contributed by atoms with E-state index in [9.17, 15) is 9.59 Å². The Balaban J connectivity index is 1.68. The van der Waals surface area contributed by atoms with Gasteiger partial charge in [-0.05, 0) is 43.4 Å². The highest BCUT2D eigenvalue weighted by Gasteiger charge is 2.30. The summed E-state index contributed by atoms with van der Waals surface area (Å²) in [6, 6.07) is 5.54. The van der Waals surface area contributed by atoms with Crippen LogP contribution < -0.4 is 10.6 Å². The molecule has 2 aromatic rings. The van der Waals surface area contributed by atoms with Crippen molar-refractivity contribution in [1.82, 2.24) is 4.98 Å². The summed E-state index contributed by atoms with van der Waals surface area (Å²) in [6.07, 6.45) is 4.43. The van der Waals surface area contributed by atoms with Crippen LogP contribution >= 0.6 is 11.3 Å². The number of carbonyl (C=O) groups excluding carboxylic acids is 2. The summed E-state index contributed by atoms with van der Waals surface area (Å²) >= 11 is 1.75. The van der Waals surface area contributed by atoms with E-state index >= 15 is 0 Å². The zero-order valence-corrected chi connectivity index (χ0v) is 14.7. The van der Waals surface area contributed by atoms with E-state index in [2.05, 4.69) is 15.4 Å². The zero-order chi connectivity index (χ0) is 17.4. The molecule has 0 bridgehead atoms. The molecular weight excluding hydrogens is 338 g/mol. The average Bonchev–Trinajstić information content (AvgIpc) is 3.04. The fraction of sp³-hybridized carbons (Fsp3) is 0.389. The van der Waals surface area contributed by atoms with Gasteiger partial charge in [0.2, 0.25) is 5.91 Å². The van der Waals surface area contributed by atoms with Crippen molar-refractivity contribution in [2.24, 2.45) is 0 Å². The Kier molecular flexibility index (Phi) is 4.17. The van der Waals surface area contributed by atoms with Crippen LogP contribution in [-0.2, 0) is 22.4 Å². The molecule has 1 aromatic heterocycles. The standard InChI is InChI=1S/C18H19N3O3S/c1-24-18(23)19-10-6-7-11-12(9-16(22)20-14(11)8-10)17-21-13-4-2-3-5-15(13)25-17/h6-8,12H,2-5,9H2,1H3,(H,19,23)(H,20,22)/t12-/m0/s1. The molecule has 1 aliphatic carbocycles. The maximum atomic E-state index is 12.2. The number of fused-ring (bicyclic) bond motifs is 2. The van der Waals surface area contributed by atoms with Gasteiger partial charge in [0.1, 0.15) is 5.01 Å². The van der Waals surface area contributed by atoms with Crippen molar-refractivity contribution in [1.29, 1.82) is 0 Å². The normalized spacial score (nSPS) is 18.8. The molecule has 0 saturated heterocycles. The average molecular weight is 357 g/mol. The highest BCUT2D eigenvalue weighted by atomic mass is 32.1. The quantitative estimate of drug-likeness (QED) is 0.859. The van der Waals surface area contributed by atoms with Crippen molar-refractivity contribution in [3.8, 4) is 0 Å². The fourth-order valence-corrected chi connectivity index (χ4v) is 4.73. The molecule has 2 amide bonds. The molecule has 0 saturated carbocycles. The first kappa shape index (κ1) is 16.1. The lowest BCUT2D eigenvalue weighted by Gasteiger charge is -2.24. The van der Waals surface area contributed by atoms with Crippen molar-refractivity contribution < 1.29 is 14.3 Å². The number of benzene rings is 1. The Labute approximate surface area is 149 Å². The van der Waals surface area contributed by atoms with E-state index in [1.807, 2.05) is 12.1 Å². The zero-order valence-electron chi connectivity index (χ0n) is 13.9. The summed E-state index contributed by atoms with van der Waals surface area (Å²) in [4.78, 5) is 29.8. The van der Waals surface area contributed by atoms with E-state index < -0.39 is 6.09 Å². The van der Waals surface area contributed by atoms with E-state index in [-0.39, 0.29) is 11.8 Å². The number of aromatic nitrogens is 1. The predicted molar refractivity (Wildman–Crippen MR) is 96.3 cm³/mol. The third kappa shape index (κ3) is 3.11. The van der Waals surface area contributed by atoms with Gasteiger partial charge in [0.25, 0.3) is 0 Å². The molecule has 2 aliphatic rings. The smallest absolute Gasteiger partial charge is 0.411 e. The first-order chi connectivity index (χ1) is 12.1. The van der Waals surface area contributed by atoms with Gasteiger partial charge >= 0.3 is 6.09 Å². The lowest BCUT2D eigenvalue weighted by Crippen LogP contribution is -2.24. The summed E-state index contributed by atoms with van der Waals surface area (Å²) in [7, 11) is 1.32. The number of thiazole rings is 1. The molecule has 4 rings (SSSR count). The van der Waals surface area contributed by atoms with Crippen molar-refractivity contribution >= 4 is 34.7 Å². The molecule has 2 N–H and O–H groups in total. The van der Waals surface area contributed by atoms with Crippen LogP contribution in [0.1, 0.15) is 46.3 Å². The van der Waals surface area contributed by atoms with Crippen LogP contribution in [-0.4, -0.2) is 24.1 Å². The summed E-state index contributed by atoms with van der Waals surface area (Å²) in [5.41, 5.74) is 3.57. The summed E-state index contributed by atoms with van der Waals surface area (Å²) in [6.45, 7) is 0. The van der Waals surface area contributed by atoms with Gasteiger partial charge in [0.05, 0.1) is 12.8 Å². The van der Waals surface area contributed by atoms with Gasteiger partial charge < -0.3 is 10.1 Å². The number of rotatable bonds is 2. The van der Waals surface area contributed by atoms with Crippen LogP contribution in [0.3, 0.4) is 0 Å². The number of carbonyl (C=O) groups is 2. The van der Waals surface area contributed by atoms with Gasteiger partial charge in [-0.15, -0.1) is 11.3 Å². The van der Waals surface area contributed by atoms with E-state index in [1.54, 1.807) is 17.4 Å². The van der Waals surface area contributed by atoms with E-state index in [0.29, 0.717) is 12.1 Å². The minimum atomic E-state index is -0.536. The van der Waals surface area contributed by atoms with E-state index in [4.69, 9.17) is 4.98 Å². The lowest BCUT2D eigenvalue weighted by molar-refractivity contribution is -0.116. The molecule has 0 unspecified atom stereocenters. The number of hydrogen-bond donors (Lipinski definition) is 2. The number of nitrogens with one attached hydrogen (secondary N) is 2. The number of hydrogen-bond acceptors (Lipinski definition) is 5. The summed E-state index contributed by atoms with van der Waals surface area (Å²) in [5, 5.41) is 6.55. The fourth-order valence-electron chi connectivity index (χ4n) is 3.45. The molecule has 0 fully saturated rings. The predicted octanol–water partition coefficient (Wildman–Crippen LogP) is 3.67. The Morgan fingerprint density at radius 3 is 3.00 bits per heavy atom. The maximum absolute atomic E-state index is 12.2. The Hall–Kier alpha value is -2.41. The molecule has 7 heteroatoms. The van der Waals surface area contributed by atoms with E-state index in [0.717, 1.165) is 29.1 Å². The van der Waals surface area contributed by atoms with Crippen LogP contribution in [0.15, 0.2) is 18.2 Å². The third-order valence-electron chi connectivity index (χ3n) is 4.68. The minimum absolute atomic E-state index is 0.0217. The van der Waals surface area contributed by atoms with Gasteiger partial charge in [0, 0.05) is 28.6 Å². The third-order valence-corrected chi connectivity index (χ3v) is 5.96. The highest BCUT2D eigenvalue weighted by molar-refractivity contribution is 7.11.